The SMILES string of the molecule is CCOc1ccc(F)c(-c2ccc3c(c2)c(NC(=O)[C@@H]2CCCN(C(=O)O)C2)nn3C(c2ccccc2)(c2ccccc2)c2ccccc2)c1. The Bertz CT molecular complexity index is 2040. The van der Waals surface area contributed by atoms with Crippen molar-refractivity contribution in [1.82, 2.24) is 14.7 Å². The van der Waals surface area contributed by atoms with Crippen molar-refractivity contribution in [1.29, 1.82) is 0 Å². The summed E-state index contributed by atoms with van der Waals surface area (Å²) in [5, 5.41) is 18.5. The van der Waals surface area contributed by atoms with Crippen LogP contribution in [0.4, 0.5) is 15.0 Å². The molecule has 252 valence electrons. The number of carbonyl (C=O) groups excluding carboxylic acids is 1. The minimum atomic E-state index is -1.04. The van der Waals surface area contributed by atoms with E-state index in [1.165, 1.54) is 11.0 Å². The Morgan fingerprint density at radius 1 is 0.880 bits per heavy atom. The van der Waals surface area contributed by atoms with Crippen LogP contribution in [0.15, 0.2) is 127 Å². The Labute approximate surface area is 289 Å². The van der Waals surface area contributed by atoms with Crippen LogP contribution in [0, 0.1) is 11.7 Å². The van der Waals surface area contributed by atoms with E-state index in [0.29, 0.717) is 59.6 Å². The monoisotopic (exact) mass is 668 g/mol. The number of carboxylic acid groups (broad SMARTS) is 1. The maximum Gasteiger partial charge on any atom is 0.407 e. The van der Waals surface area contributed by atoms with Gasteiger partial charge < -0.3 is 20.1 Å². The van der Waals surface area contributed by atoms with Crippen LogP contribution in [-0.2, 0) is 10.3 Å². The van der Waals surface area contributed by atoms with Gasteiger partial charge in [0.25, 0.3) is 0 Å². The summed E-state index contributed by atoms with van der Waals surface area (Å²) in [6, 6.07) is 40.6. The van der Waals surface area contributed by atoms with Crippen molar-refractivity contribution in [2.24, 2.45) is 5.92 Å². The van der Waals surface area contributed by atoms with Crippen LogP contribution in [0.2, 0.25) is 0 Å². The highest BCUT2D eigenvalue weighted by atomic mass is 19.1. The first-order valence-electron chi connectivity index (χ1n) is 16.8. The van der Waals surface area contributed by atoms with E-state index in [2.05, 4.69) is 41.7 Å². The number of nitrogens with zero attached hydrogens (tertiary/aromatic N) is 3. The maximum absolute atomic E-state index is 15.4. The Balaban J connectivity index is 1.48. The minimum absolute atomic E-state index is 0.0997. The number of carbonyl (C=O) groups is 2. The number of anilines is 1. The number of nitrogens with one attached hydrogen (secondary N) is 1. The number of likely N-dealkylation sites (tertiary alicyclic amines) is 1. The minimum Gasteiger partial charge on any atom is -0.494 e. The summed E-state index contributed by atoms with van der Waals surface area (Å²) in [6.45, 7) is 2.80. The molecule has 2 amide bonds. The molecule has 2 N–H and O–H groups in total. The van der Waals surface area contributed by atoms with Crippen LogP contribution in [0.3, 0.4) is 0 Å². The molecule has 1 saturated heterocycles. The Morgan fingerprint density at radius 2 is 1.50 bits per heavy atom. The first-order chi connectivity index (χ1) is 24.4. The molecular weight excluding hydrogens is 631 g/mol. The summed E-state index contributed by atoms with van der Waals surface area (Å²) in [5.41, 5.74) is 3.50. The van der Waals surface area contributed by atoms with Gasteiger partial charge in [0.15, 0.2) is 5.82 Å². The highest BCUT2D eigenvalue weighted by Gasteiger charge is 2.41. The van der Waals surface area contributed by atoms with E-state index >= 15 is 4.39 Å². The van der Waals surface area contributed by atoms with Gasteiger partial charge in [-0.15, -0.1) is 0 Å². The lowest BCUT2D eigenvalue weighted by Gasteiger charge is -2.37. The zero-order chi connectivity index (χ0) is 34.7. The van der Waals surface area contributed by atoms with Crippen LogP contribution < -0.4 is 10.1 Å². The fraction of sp³-hybridized carbons (Fsp3) is 0.195. The van der Waals surface area contributed by atoms with Crippen molar-refractivity contribution in [2.75, 3.05) is 25.0 Å². The molecule has 1 atom stereocenters. The topological polar surface area (TPSA) is 96.7 Å². The molecule has 0 aliphatic carbocycles. The van der Waals surface area contributed by atoms with Crippen molar-refractivity contribution in [3.05, 3.63) is 150 Å². The van der Waals surface area contributed by atoms with Gasteiger partial charge in [0.2, 0.25) is 5.91 Å². The number of halogens is 1. The summed E-state index contributed by atoms with van der Waals surface area (Å²) in [7, 11) is 0. The Morgan fingerprint density at radius 3 is 2.08 bits per heavy atom. The summed E-state index contributed by atoms with van der Waals surface area (Å²) in [5.74, 6) is -0.431. The van der Waals surface area contributed by atoms with Gasteiger partial charge in [0.1, 0.15) is 17.1 Å². The number of fused-ring (bicyclic) bond motifs is 1. The molecule has 5 aromatic carbocycles. The lowest BCUT2D eigenvalue weighted by molar-refractivity contribution is -0.121. The third-order valence-corrected chi connectivity index (χ3v) is 9.44. The molecule has 8 nitrogen and oxygen atoms in total. The maximum atomic E-state index is 15.4. The average molecular weight is 669 g/mol. The Hall–Kier alpha value is -5.96. The highest BCUT2D eigenvalue weighted by Crippen LogP contribution is 2.44. The highest BCUT2D eigenvalue weighted by molar-refractivity contribution is 6.02. The molecule has 0 unspecified atom stereocenters. The van der Waals surface area contributed by atoms with Crippen molar-refractivity contribution < 1.29 is 23.8 Å². The van der Waals surface area contributed by atoms with Gasteiger partial charge in [0, 0.05) is 24.0 Å². The van der Waals surface area contributed by atoms with Crippen molar-refractivity contribution in [3.8, 4) is 16.9 Å². The van der Waals surface area contributed by atoms with E-state index in [0.717, 1.165) is 16.7 Å². The van der Waals surface area contributed by atoms with Crippen LogP contribution in [0.5, 0.6) is 5.75 Å². The summed E-state index contributed by atoms with van der Waals surface area (Å²) in [4.78, 5) is 27.0. The number of benzene rings is 5. The molecule has 1 aliphatic heterocycles. The summed E-state index contributed by atoms with van der Waals surface area (Å²) >= 11 is 0. The van der Waals surface area contributed by atoms with Crippen LogP contribution in [0.25, 0.3) is 22.0 Å². The molecule has 0 saturated carbocycles. The van der Waals surface area contributed by atoms with Gasteiger partial charge in [-0.3, -0.25) is 4.79 Å². The third kappa shape index (κ3) is 5.96. The van der Waals surface area contributed by atoms with E-state index in [-0.39, 0.29) is 12.5 Å². The fourth-order valence-corrected chi connectivity index (χ4v) is 7.10. The number of rotatable bonds is 9. The predicted octanol–water partition coefficient (Wildman–Crippen LogP) is 8.41. The fourth-order valence-electron chi connectivity index (χ4n) is 7.10. The number of aromatic nitrogens is 2. The molecule has 50 heavy (non-hydrogen) atoms. The van der Waals surface area contributed by atoms with E-state index in [9.17, 15) is 14.7 Å². The summed E-state index contributed by atoms with van der Waals surface area (Å²) < 4.78 is 23.0. The lowest BCUT2D eigenvalue weighted by Crippen LogP contribution is -2.43. The molecular formula is C41H37FN4O4. The van der Waals surface area contributed by atoms with Gasteiger partial charge in [0.05, 0.1) is 18.0 Å². The average Bonchev–Trinajstić information content (AvgIpc) is 3.51. The molecule has 7 rings (SSSR count). The molecule has 1 aromatic heterocycles. The number of amides is 2. The van der Waals surface area contributed by atoms with E-state index in [1.807, 2.05) is 84.4 Å². The molecule has 1 fully saturated rings. The molecule has 0 bridgehead atoms. The van der Waals surface area contributed by atoms with Gasteiger partial charge in [-0.05, 0) is 72.4 Å². The first kappa shape index (κ1) is 32.6. The van der Waals surface area contributed by atoms with E-state index < -0.39 is 23.4 Å². The number of piperidine rings is 1. The van der Waals surface area contributed by atoms with E-state index in [4.69, 9.17) is 9.84 Å². The number of hydrogen-bond donors (Lipinski definition) is 2. The van der Waals surface area contributed by atoms with E-state index in [1.54, 1.807) is 12.1 Å². The predicted molar refractivity (Wildman–Crippen MR) is 192 cm³/mol. The largest absolute Gasteiger partial charge is 0.494 e. The van der Waals surface area contributed by atoms with Crippen molar-refractivity contribution in [3.63, 3.8) is 0 Å². The van der Waals surface area contributed by atoms with Crippen LogP contribution in [0.1, 0.15) is 36.5 Å². The number of hydrogen-bond acceptors (Lipinski definition) is 4. The van der Waals surface area contributed by atoms with Gasteiger partial charge in [-0.1, -0.05) is 97.1 Å². The zero-order valence-electron chi connectivity index (χ0n) is 27.6. The van der Waals surface area contributed by atoms with Gasteiger partial charge >= 0.3 is 6.09 Å². The molecule has 0 spiro atoms. The van der Waals surface area contributed by atoms with Crippen molar-refractivity contribution >= 4 is 28.7 Å². The second-order valence-electron chi connectivity index (χ2n) is 12.4. The lowest BCUT2D eigenvalue weighted by atomic mass is 9.77. The Kier molecular flexibility index (Phi) is 9.04. The molecule has 9 heteroatoms. The zero-order valence-corrected chi connectivity index (χ0v) is 27.6. The van der Waals surface area contributed by atoms with Crippen LogP contribution >= 0.6 is 0 Å². The smallest absolute Gasteiger partial charge is 0.407 e. The summed E-state index contributed by atoms with van der Waals surface area (Å²) in [6.07, 6.45) is 0.0893. The van der Waals surface area contributed by atoms with Crippen LogP contribution in [-0.4, -0.2) is 51.5 Å². The number of ether oxygens (including phenoxy) is 1. The quantitative estimate of drug-likeness (QED) is 0.151. The molecule has 2 heterocycles. The van der Waals surface area contributed by atoms with Crippen molar-refractivity contribution in [2.45, 2.75) is 25.3 Å². The third-order valence-electron chi connectivity index (χ3n) is 9.44. The second-order valence-corrected chi connectivity index (χ2v) is 12.4. The second kappa shape index (κ2) is 13.9. The molecule has 1 aliphatic rings. The molecule has 0 radical (unpaired) electrons. The standard InChI is InChI=1S/C41H37FN4O4/c1-2-50-33-21-22-36(42)34(26-33)28-20-23-37-35(25-28)38(43-39(47)29-13-12-24-45(27-29)40(48)49)44-46(37)41(30-14-6-3-7-15-30,31-16-8-4-9-17-31)32-18-10-5-11-19-32/h3-11,14-23,25-26,29H,2,12-13,24,27H2,1H3,(H,48,49)(H,43,44,47)/t29-/m1/s1. The first-order valence-corrected chi connectivity index (χ1v) is 16.8. The van der Waals surface area contributed by atoms with Gasteiger partial charge in [-0.2, -0.15) is 5.10 Å². The normalized spacial score (nSPS) is 14.8. The molecule has 6 aromatic rings. The van der Waals surface area contributed by atoms with Gasteiger partial charge in [-0.25, -0.2) is 13.9 Å².